The van der Waals surface area contributed by atoms with Crippen LogP contribution in [0, 0.1) is 11.8 Å². The van der Waals surface area contributed by atoms with Gasteiger partial charge < -0.3 is 4.74 Å². The largest absolute Gasteiger partial charge is 0.381 e. The monoisotopic (exact) mass is 140 g/mol. The summed E-state index contributed by atoms with van der Waals surface area (Å²) in [6, 6.07) is 0. The van der Waals surface area contributed by atoms with Crippen molar-refractivity contribution in [1.82, 2.24) is 0 Å². The quantitative estimate of drug-likeness (QED) is 0.469. The maximum atomic E-state index is 5.07. The van der Waals surface area contributed by atoms with E-state index in [4.69, 9.17) is 4.74 Å². The molecule has 0 aromatic rings. The van der Waals surface area contributed by atoms with E-state index in [1.807, 2.05) is 13.8 Å². The van der Waals surface area contributed by atoms with E-state index in [1.54, 1.807) is 0 Å². The first-order valence-electron chi connectivity index (χ1n) is 3.83. The van der Waals surface area contributed by atoms with Crippen LogP contribution in [-0.2, 0) is 4.74 Å². The second kappa shape index (κ2) is 8.52. The van der Waals surface area contributed by atoms with Crippen molar-refractivity contribution in [1.29, 1.82) is 0 Å². The zero-order chi connectivity index (χ0) is 7.66. The first-order chi connectivity index (χ1) is 4.91. The molecule has 0 saturated carbocycles. The van der Waals surface area contributed by atoms with Crippen molar-refractivity contribution in [3.8, 4) is 11.8 Å². The summed E-state index contributed by atoms with van der Waals surface area (Å²) >= 11 is 0. The van der Waals surface area contributed by atoms with Gasteiger partial charge in [0.15, 0.2) is 0 Å². The summed E-state index contributed by atoms with van der Waals surface area (Å²) in [6.07, 6.45) is 3.93. The fourth-order valence-corrected chi connectivity index (χ4v) is 0.687. The van der Waals surface area contributed by atoms with Crippen LogP contribution < -0.4 is 0 Å². The Morgan fingerprint density at radius 2 is 1.40 bits per heavy atom. The van der Waals surface area contributed by atoms with E-state index in [-0.39, 0.29) is 0 Å². The minimum Gasteiger partial charge on any atom is -0.381 e. The molecule has 1 aliphatic heterocycles. The van der Waals surface area contributed by atoms with E-state index in [2.05, 4.69) is 11.8 Å². The Balaban J connectivity index is 0.000000180. The van der Waals surface area contributed by atoms with Gasteiger partial charge >= 0.3 is 0 Å². The van der Waals surface area contributed by atoms with Crippen molar-refractivity contribution < 1.29 is 4.74 Å². The lowest BCUT2D eigenvalue weighted by molar-refractivity contribution is 0.0968. The lowest BCUT2D eigenvalue weighted by atomic mass is 10.2. The van der Waals surface area contributed by atoms with Gasteiger partial charge in [0.05, 0.1) is 0 Å². The summed E-state index contributed by atoms with van der Waals surface area (Å²) < 4.78 is 5.07. The minimum atomic E-state index is 1.00. The Kier molecular flexibility index (Phi) is 8.11. The second-order valence-electron chi connectivity index (χ2n) is 2.17. The molecule has 0 bridgehead atoms. The van der Waals surface area contributed by atoms with Crippen LogP contribution >= 0.6 is 0 Å². The fraction of sp³-hybridized carbons (Fsp3) is 0.778. The van der Waals surface area contributed by atoms with Gasteiger partial charge in [0.25, 0.3) is 0 Å². The molecule has 0 aliphatic carbocycles. The van der Waals surface area contributed by atoms with E-state index in [0.717, 1.165) is 13.2 Å². The van der Waals surface area contributed by atoms with E-state index in [0.29, 0.717) is 0 Å². The molecule has 1 heterocycles. The molecule has 10 heavy (non-hydrogen) atoms. The van der Waals surface area contributed by atoms with Gasteiger partial charge in [0.1, 0.15) is 0 Å². The summed E-state index contributed by atoms with van der Waals surface area (Å²) in [6.45, 7) is 5.64. The van der Waals surface area contributed by atoms with Crippen molar-refractivity contribution >= 4 is 0 Å². The molecule has 1 heteroatoms. The van der Waals surface area contributed by atoms with Crippen LogP contribution in [0.5, 0.6) is 0 Å². The highest BCUT2D eigenvalue weighted by molar-refractivity contribution is 4.89. The van der Waals surface area contributed by atoms with Gasteiger partial charge in [0, 0.05) is 13.2 Å². The van der Waals surface area contributed by atoms with Gasteiger partial charge in [-0.2, -0.15) is 0 Å². The van der Waals surface area contributed by atoms with E-state index >= 15 is 0 Å². The first kappa shape index (κ1) is 9.52. The predicted octanol–water partition coefficient (Wildman–Crippen LogP) is 2.22. The summed E-state index contributed by atoms with van der Waals surface area (Å²) in [5.74, 6) is 5.36. The molecule has 0 aromatic heterocycles. The molecule has 1 nitrogen and oxygen atoms in total. The molecule has 0 unspecified atom stereocenters. The van der Waals surface area contributed by atoms with Crippen molar-refractivity contribution in [3.63, 3.8) is 0 Å². The second-order valence-corrected chi connectivity index (χ2v) is 2.17. The molecule has 0 amide bonds. The fourth-order valence-electron chi connectivity index (χ4n) is 0.687. The van der Waals surface area contributed by atoms with Crippen molar-refractivity contribution in [2.75, 3.05) is 13.2 Å². The number of hydrogen-bond donors (Lipinski definition) is 0. The van der Waals surface area contributed by atoms with E-state index in [1.165, 1.54) is 19.3 Å². The van der Waals surface area contributed by atoms with Gasteiger partial charge in [-0.15, -0.1) is 11.8 Å². The molecule has 0 atom stereocenters. The summed E-state index contributed by atoms with van der Waals surface area (Å²) in [5, 5.41) is 0. The van der Waals surface area contributed by atoms with Gasteiger partial charge in [-0.25, -0.2) is 0 Å². The van der Waals surface area contributed by atoms with Crippen LogP contribution in [0.3, 0.4) is 0 Å². The number of ether oxygens (including phenoxy) is 1. The van der Waals surface area contributed by atoms with E-state index in [9.17, 15) is 0 Å². The third-order valence-corrected chi connectivity index (χ3v) is 1.33. The highest BCUT2D eigenvalue weighted by atomic mass is 16.5. The lowest BCUT2D eigenvalue weighted by Crippen LogP contribution is -2.03. The minimum absolute atomic E-state index is 1.00. The Morgan fingerprint density at radius 1 is 0.900 bits per heavy atom. The van der Waals surface area contributed by atoms with Crippen LogP contribution in [0.2, 0.25) is 0 Å². The Labute approximate surface area is 63.8 Å². The average molecular weight is 140 g/mol. The van der Waals surface area contributed by atoms with Crippen LogP contribution in [0.1, 0.15) is 33.1 Å². The standard InChI is InChI=1S/C5H10O.C4H6/c1-2-4-6-5-3-1;1-3-4-2/h1-5H2;1-2H3. The number of rotatable bonds is 0. The molecule has 0 N–H and O–H groups in total. The Bertz CT molecular complexity index is 86.1. The molecule has 1 fully saturated rings. The molecule has 58 valence electrons. The zero-order valence-electron chi connectivity index (χ0n) is 6.94. The maximum Gasteiger partial charge on any atom is 0.0466 e. The molecule has 0 spiro atoms. The van der Waals surface area contributed by atoms with E-state index < -0.39 is 0 Å². The van der Waals surface area contributed by atoms with Crippen molar-refractivity contribution in [2.45, 2.75) is 33.1 Å². The topological polar surface area (TPSA) is 9.23 Å². The Hall–Kier alpha value is -0.480. The third-order valence-electron chi connectivity index (χ3n) is 1.33. The summed E-state index contributed by atoms with van der Waals surface area (Å²) in [5.41, 5.74) is 0. The molecular formula is C9H16O. The van der Waals surface area contributed by atoms with Crippen LogP contribution in [0.15, 0.2) is 0 Å². The molecular weight excluding hydrogens is 124 g/mol. The van der Waals surface area contributed by atoms with Crippen LogP contribution in [-0.4, -0.2) is 13.2 Å². The van der Waals surface area contributed by atoms with Gasteiger partial charge in [-0.1, -0.05) is 0 Å². The van der Waals surface area contributed by atoms with Gasteiger partial charge in [-0.05, 0) is 33.1 Å². The van der Waals surface area contributed by atoms with Crippen molar-refractivity contribution in [2.24, 2.45) is 0 Å². The van der Waals surface area contributed by atoms with Gasteiger partial charge in [0.2, 0.25) is 0 Å². The average Bonchev–Trinajstić information content (AvgIpc) is 2.08. The molecule has 0 aromatic carbocycles. The SMILES string of the molecule is C1CCOCC1.CC#CC. The highest BCUT2D eigenvalue weighted by Gasteiger charge is 1.94. The zero-order valence-corrected chi connectivity index (χ0v) is 6.94. The molecule has 1 rings (SSSR count). The first-order valence-corrected chi connectivity index (χ1v) is 3.83. The van der Waals surface area contributed by atoms with Crippen LogP contribution in [0.4, 0.5) is 0 Å². The Morgan fingerprint density at radius 3 is 1.50 bits per heavy atom. The molecule has 1 saturated heterocycles. The van der Waals surface area contributed by atoms with Gasteiger partial charge in [-0.3, -0.25) is 0 Å². The maximum absolute atomic E-state index is 5.07. The normalized spacial score (nSPS) is 15.8. The molecule has 0 radical (unpaired) electrons. The summed E-state index contributed by atoms with van der Waals surface area (Å²) in [7, 11) is 0. The highest BCUT2D eigenvalue weighted by Crippen LogP contribution is 2.02. The van der Waals surface area contributed by atoms with Crippen LogP contribution in [0.25, 0.3) is 0 Å². The summed E-state index contributed by atoms with van der Waals surface area (Å²) in [4.78, 5) is 0. The van der Waals surface area contributed by atoms with Crippen molar-refractivity contribution in [3.05, 3.63) is 0 Å². The predicted molar refractivity (Wildman–Crippen MR) is 43.8 cm³/mol. The third kappa shape index (κ3) is 7.52. The number of hydrogen-bond acceptors (Lipinski definition) is 1. The lowest BCUT2D eigenvalue weighted by Gasteiger charge is -2.08. The smallest absolute Gasteiger partial charge is 0.0466 e. The molecule has 1 aliphatic rings.